The summed E-state index contributed by atoms with van der Waals surface area (Å²) >= 11 is 5.87. The number of nitrogens with two attached hydrogens (primary N) is 1. The zero-order valence-corrected chi connectivity index (χ0v) is 29.0. The number of thiocarbonyl (C=S) groups is 1. The summed E-state index contributed by atoms with van der Waals surface area (Å²) in [5.74, 6) is 0.149. The number of pyridine rings is 1. The second-order valence-electron chi connectivity index (χ2n) is 13.9. The summed E-state index contributed by atoms with van der Waals surface area (Å²) in [4.78, 5) is 51.5. The van der Waals surface area contributed by atoms with Crippen molar-refractivity contribution in [2.24, 2.45) is 17.6 Å². The van der Waals surface area contributed by atoms with E-state index in [0.717, 1.165) is 49.7 Å². The van der Waals surface area contributed by atoms with Crippen molar-refractivity contribution in [3.8, 4) is 0 Å². The number of amides is 4. The number of urea groups is 1. The van der Waals surface area contributed by atoms with Gasteiger partial charge in [0.2, 0.25) is 0 Å². The van der Waals surface area contributed by atoms with Crippen LogP contribution < -0.4 is 16.4 Å². The number of carboxylic acid groups (broad SMARTS) is 2. The molecule has 2 aliphatic heterocycles. The first-order valence-electron chi connectivity index (χ1n) is 17.5. The fourth-order valence-electron chi connectivity index (χ4n) is 8.65. The number of carbonyl (C=O) groups excluding carboxylic acids is 1. The molecule has 4 atom stereocenters. The van der Waals surface area contributed by atoms with E-state index in [1.54, 1.807) is 34.3 Å². The van der Waals surface area contributed by atoms with Crippen LogP contribution in [-0.2, 0) is 13.0 Å². The van der Waals surface area contributed by atoms with Crippen LogP contribution in [0, 0.1) is 17.2 Å². The minimum Gasteiger partial charge on any atom is -0.465 e. The highest BCUT2D eigenvalue weighted by Gasteiger charge is 2.71. The van der Waals surface area contributed by atoms with Gasteiger partial charge >= 0.3 is 18.2 Å². The number of nitrogens with one attached hydrogen (secondary N) is 3. The quantitative estimate of drug-likeness (QED) is 0.138. The van der Waals surface area contributed by atoms with Gasteiger partial charge in [-0.25, -0.2) is 14.4 Å². The molecule has 6 rings (SSSR count). The first-order valence-corrected chi connectivity index (χ1v) is 17.9. The highest BCUT2D eigenvalue weighted by Crippen LogP contribution is 2.62. The number of anilines is 1. The van der Waals surface area contributed by atoms with Crippen LogP contribution in [-0.4, -0.2) is 114 Å². The maximum atomic E-state index is 14.3. The van der Waals surface area contributed by atoms with Crippen LogP contribution in [0.25, 0.3) is 0 Å². The molecule has 7 N–H and O–H groups in total. The first-order chi connectivity index (χ1) is 24.1. The zero-order valence-electron chi connectivity index (χ0n) is 28.2. The predicted octanol–water partition coefficient (Wildman–Crippen LogP) is 4.22. The molecule has 15 heteroatoms. The molecular formula is C35H47N9O5S. The Morgan fingerprint density at radius 1 is 0.900 bits per heavy atom. The lowest BCUT2D eigenvalue weighted by Gasteiger charge is -2.53. The van der Waals surface area contributed by atoms with Crippen LogP contribution in [0.3, 0.4) is 0 Å². The van der Waals surface area contributed by atoms with Crippen LogP contribution in [0.2, 0.25) is 0 Å². The summed E-state index contributed by atoms with van der Waals surface area (Å²) in [6.45, 7) is 1.31. The van der Waals surface area contributed by atoms with Gasteiger partial charge in [0.05, 0.1) is 22.6 Å². The van der Waals surface area contributed by atoms with E-state index in [-0.39, 0.29) is 56.6 Å². The molecule has 3 heterocycles. The summed E-state index contributed by atoms with van der Waals surface area (Å²) in [6.07, 6.45) is 8.79. The number of hydrogen-bond donors (Lipinski definition) is 6. The maximum absolute atomic E-state index is 14.3. The Kier molecular flexibility index (Phi) is 10.6. The number of guanidine groups is 1. The van der Waals surface area contributed by atoms with E-state index < -0.39 is 29.8 Å². The smallest absolute Gasteiger partial charge is 0.407 e. The number of carbonyl (C=O) groups is 3. The normalized spacial score (nSPS) is 26.3. The van der Waals surface area contributed by atoms with Crippen molar-refractivity contribution in [2.45, 2.75) is 75.5 Å². The van der Waals surface area contributed by atoms with Gasteiger partial charge in [0.15, 0.2) is 5.96 Å². The number of nitrogens with zero attached hydrogens (tertiary/aromatic N) is 5. The molecule has 14 nitrogen and oxygen atoms in total. The van der Waals surface area contributed by atoms with E-state index in [0.29, 0.717) is 30.1 Å². The van der Waals surface area contributed by atoms with Crippen molar-refractivity contribution in [3.63, 3.8) is 0 Å². The molecule has 4 fully saturated rings. The van der Waals surface area contributed by atoms with Crippen LogP contribution in [0.4, 0.5) is 20.1 Å². The molecular weight excluding hydrogens is 659 g/mol. The minimum absolute atomic E-state index is 0.0211. The van der Waals surface area contributed by atoms with Gasteiger partial charge in [-0.1, -0.05) is 50.0 Å². The molecule has 2 saturated heterocycles. The van der Waals surface area contributed by atoms with Crippen molar-refractivity contribution in [3.05, 3.63) is 59.9 Å². The molecule has 50 heavy (non-hydrogen) atoms. The third-order valence-corrected chi connectivity index (χ3v) is 11.6. The number of piperazine rings is 2. The van der Waals surface area contributed by atoms with Gasteiger partial charge in [-0.2, -0.15) is 0 Å². The summed E-state index contributed by atoms with van der Waals surface area (Å²) in [5.41, 5.74) is 7.33. The molecule has 1 spiro atoms. The second-order valence-corrected chi connectivity index (χ2v) is 14.4. The van der Waals surface area contributed by atoms with E-state index in [9.17, 15) is 24.6 Å². The molecule has 2 aromatic rings. The highest BCUT2D eigenvalue weighted by atomic mass is 32.1. The lowest BCUT2D eigenvalue weighted by atomic mass is 9.93. The van der Waals surface area contributed by atoms with Gasteiger partial charge < -0.3 is 36.4 Å². The van der Waals surface area contributed by atoms with Crippen molar-refractivity contribution < 1.29 is 24.6 Å². The number of aromatic nitrogens is 1. The molecule has 2 aliphatic carbocycles. The fraction of sp³-hybridized carbons (Fsp3) is 0.543. The zero-order chi connectivity index (χ0) is 35.4. The summed E-state index contributed by atoms with van der Waals surface area (Å²) in [7, 11) is 0. The molecule has 0 bridgehead atoms. The van der Waals surface area contributed by atoms with E-state index >= 15 is 0 Å². The molecule has 268 valence electrons. The predicted molar refractivity (Wildman–Crippen MR) is 192 cm³/mol. The third-order valence-electron chi connectivity index (χ3n) is 11.1. The third kappa shape index (κ3) is 7.42. The maximum Gasteiger partial charge on any atom is 0.407 e. The number of hydrogen-bond acceptors (Lipinski definition) is 6. The highest BCUT2D eigenvalue weighted by molar-refractivity contribution is 7.80. The molecule has 1 aromatic carbocycles. The monoisotopic (exact) mass is 705 g/mol. The number of benzene rings is 1. The van der Waals surface area contributed by atoms with E-state index in [1.165, 1.54) is 4.90 Å². The topological polar surface area (TPSA) is 191 Å². The molecule has 4 aliphatic rings. The Hall–Kier alpha value is -4.66. The van der Waals surface area contributed by atoms with Crippen molar-refractivity contribution in [1.29, 1.82) is 5.41 Å². The first kappa shape index (κ1) is 35.2. The standard InChI is InChI=1S/C35H47N9O5S/c36-31(37)40-25-10-7-24(8-11-25)19-39-32(45)43-22-35(26-5-3-1-2-4-6-27(26)35)44(34(48)49)21-29(43)28-20-41(17-18-42(28)33(46)47)30(50)12-9-23-13-15-38-16-14-23/h7-8,10-11,13-16,26-29H,1-6,9,12,17-22H2,(H,39,45)(H,46,47)(H,48,49)(H4,36,37,40). The van der Waals surface area contributed by atoms with Crippen LogP contribution in [0.1, 0.15) is 56.1 Å². The van der Waals surface area contributed by atoms with Gasteiger partial charge in [-0.3, -0.25) is 20.2 Å². The SMILES string of the molecule is N=C(N)Nc1ccc(CNC(=O)N2CC3(C4CCCCCCC43)N(C(=O)O)CC2C2CN(C(=S)CCc3ccncc3)CCN2C(=O)O)cc1. The van der Waals surface area contributed by atoms with Gasteiger partial charge in [0.25, 0.3) is 0 Å². The summed E-state index contributed by atoms with van der Waals surface area (Å²) in [6, 6.07) is 9.30. The fourth-order valence-corrected chi connectivity index (χ4v) is 8.92. The summed E-state index contributed by atoms with van der Waals surface area (Å²) in [5, 5.41) is 34.3. The van der Waals surface area contributed by atoms with Gasteiger partial charge in [0.1, 0.15) is 0 Å². The molecule has 0 radical (unpaired) electrons. The van der Waals surface area contributed by atoms with Gasteiger partial charge in [-0.15, -0.1) is 0 Å². The molecule has 4 unspecified atom stereocenters. The molecule has 2 saturated carbocycles. The van der Waals surface area contributed by atoms with E-state index in [4.69, 9.17) is 23.4 Å². The Morgan fingerprint density at radius 2 is 1.56 bits per heavy atom. The van der Waals surface area contributed by atoms with Crippen molar-refractivity contribution in [1.82, 2.24) is 29.9 Å². The van der Waals surface area contributed by atoms with Crippen LogP contribution in [0.5, 0.6) is 0 Å². The number of fused-ring (bicyclic) bond motifs is 3. The molecule has 1 aromatic heterocycles. The average molecular weight is 706 g/mol. The van der Waals surface area contributed by atoms with Crippen molar-refractivity contribution >= 4 is 47.1 Å². The van der Waals surface area contributed by atoms with E-state index in [1.807, 2.05) is 29.2 Å². The largest absolute Gasteiger partial charge is 0.465 e. The van der Waals surface area contributed by atoms with Crippen molar-refractivity contribution in [2.75, 3.05) is 38.0 Å². The average Bonchev–Trinajstić information content (AvgIpc) is 3.67. The Bertz CT molecular complexity index is 1560. The lowest BCUT2D eigenvalue weighted by molar-refractivity contribution is -0.0174. The van der Waals surface area contributed by atoms with Gasteiger partial charge in [-0.05, 0) is 66.5 Å². The molecule has 4 amide bonds. The summed E-state index contributed by atoms with van der Waals surface area (Å²) < 4.78 is 0. The lowest BCUT2D eigenvalue weighted by Crippen LogP contribution is -2.72. The Labute approximate surface area is 297 Å². The number of aryl methyl sites for hydroxylation is 1. The van der Waals surface area contributed by atoms with Crippen LogP contribution in [0.15, 0.2) is 48.8 Å². The van der Waals surface area contributed by atoms with Crippen LogP contribution >= 0.6 is 12.2 Å². The second kappa shape index (κ2) is 15.1. The Morgan fingerprint density at radius 3 is 2.18 bits per heavy atom. The minimum atomic E-state index is -1.10. The number of rotatable bonds is 7. The van der Waals surface area contributed by atoms with Gasteiger partial charge in [0, 0.05) is 63.8 Å². The Balaban J connectivity index is 1.27. The van der Waals surface area contributed by atoms with E-state index in [2.05, 4.69) is 15.6 Å².